The van der Waals surface area contributed by atoms with Crippen molar-refractivity contribution in [2.45, 2.75) is 69.9 Å². The number of hydrogen-bond donors (Lipinski definition) is 0. The first-order chi connectivity index (χ1) is 9.19. The molecule has 0 radical (unpaired) electrons. The Bertz CT molecular complexity index is 384. The molecule has 116 valence electrons. The van der Waals surface area contributed by atoms with Gasteiger partial charge in [-0.15, -0.1) is 0 Å². The Kier molecular flexibility index (Phi) is 3.40. The van der Waals surface area contributed by atoms with E-state index >= 15 is 0 Å². The minimum Gasteiger partial charge on any atom is -0.348 e. The molecule has 3 aliphatic heterocycles. The Morgan fingerprint density at radius 1 is 0.900 bits per heavy atom. The molecule has 0 aromatic heterocycles. The van der Waals surface area contributed by atoms with Crippen LogP contribution in [0.25, 0.3) is 0 Å². The van der Waals surface area contributed by atoms with Gasteiger partial charge in [-0.25, -0.2) is 0 Å². The third kappa shape index (κ3) is 2.49. The van der Waals surface area contributed by atoms with Crippen molar-refractivity contribution in [1.29, 1.82) is 0 Å². The lowest BCUT2D eigenvalue weighted by Gasteiger charge is -2.32. The van der Waals surface area contributed by atoms with Crippen LogP contribution < -0.4 is 0 Å². The first-order valence-corrected chi connectivity index (χ1v) is 7.18. The molecular weight excluding hydrogens is 262 g/mol. The van der Waals surface area contributed by atoms with E-state index in [1.54, 1.807) is 0 Å². The SMILES string of the molecule is CN(C)C1C(C2COC(C)(C)O2)OC2OC(C)(C)OC21. The molecule has 5 atom stereocenters. The molecule has 3 fully saturated rings. The first kappa shape index (κ1) is 14.7. The van der Waals surface area contributed by atoms with Crippen molar-refractivity contribution >= 4 is 0 Å². The Hall–Kier alpha value is -0.240. The molecule has 6 nitrogen and oxygen atoms in total. The summed E-state index contributed by atoms with van der Waals surface area (Å²) in [6.07, 6.45) is -0.650. The van der Waals surface area contributed by atoms with E-state index in [4.69, 9.17) is 23.7 Å². The molecule has 0 aromatic carbocycles. The highest BCUT2D eigenvalue weighted by atomic mass is 16.8. The largest absolute Gasteiger partial charge is 0.348 e. The highest BCUT2D eigenvalue weighted by Gasteiger charge is 2.58. The molecule has 0 N–H and O–H groups in total. The molecule has 3 aliphatic rings. The fraction of sp³-hybridized carbons (Fsp3) is 1.00. The summed E-state index contributed by atoms with van der Waals surface area (Å²) in [6, 6.07) is 0.0873. The number of hydrogen-bond acceptors (Lipinski definition) is 6. The topological polar surface area (TPSA) is 49.4 Å². The van der Waals surface area contributed by atoms with Gasteiger partial charge in [-0.05, 0) is 41.8 Å². The first-order valence-electron chi connectivity index (χ1n) is 7.18. The highest BCUT2D eigenvalue weighted by Crippen LogP contribution is 2.41. The fourth-order valence-corrected chi connectivity index (χ4v) is 3.29. The molecule has 0 aliphatic carbocycles. The third-order valence-electron chi connectivity index (χ3n) is 4.05. The fourth-order valence-electron chi connectivity index (χ4n) is 3.29. The van der Waals surface area contributed by atoms with Gasteiger partial charge in [0.25, 0.3) is 0 Å². The summed E-state index contributed by atoms with van der Waals surface area (Å²) < 4.78 is 29.5. The maximum atomic E-state index is 6.08. The molecule has 6 heteroatoms. The molecule has 20 heavy (non-hydrogen) atoms. The zero-order valence-electron chi connectivity index (χ0n) is 13.1. The van der Waals surface area contributed by atoms with E-state index in [-0.39, 0.29) is 30.6 Å². The van der Waals surface area contributed by atoms with Crippen LogP contribution in [0.4, 0.5) is 0 Å². The number of likely N-dealkylation sites (N-methyl/N-ethyl adjacent to an activating group) is 1. The number of nitrogens with zero attached hydrogens (tertiary/aromatic N) is 1. The van der Waals surface area contributed by atoms with Crippen LogP contribution in [0.5, 0.6) is 0 Å². The lowest BCUT2D eigenvalue weighted by atomic mass is 10.0. The summed E-state index contributed by atoms with van der Waals surface area (Å²) in [5, 5.41) is 0. The number of fused-ring (bicyclic) bond motifs is 1. The highest BCUT2D eigenvalue weighted by molar-refractivity contribution is 5.01. The van der Waals surface area contributed by atoms with E-state index in [0.717, 1.165) is 0 Å². The second kappa shape index (κ2) is 4.63. The van der Waals surface area contributed by atoms with Gasteiger partial charge in [-0.3, -0.25) is 0 Å². The van der Waals surface area contributed by atoms with Crippen molar-refractivity contribution in [3.63, 3.8) is 0 Å². The average Bonchev–Trinajstić information content (AvgIpc) is 2.86. The monoisotopic (exact) mass is 287 g/mol. The molecule has 0 aromatic rings. The van der Waals surface area contributed by atoms with Crippen LogP contribution in [0.2, 0.25) is 0 Å². The van der Waals surface area contributed by atoms with Crippen molar-refractivity contribution in [2.75, 3.05) is 20.7 Å². The van der Waals surface area contributed by atoms with Gasteiger partial charge in [-0.2, -0.15) is 0 Å². The second-order valence-electron chi connectivity index (χ2n) is 6.89. The summed E-state index contributed by atoms with van der Waals surface area (Å²) in [7, 11) is 4.05. The Morgan fingerprint density at radius 3 is 2.15 bits per heavy atom. The van der Waals surface area contributed by atoms with Crippen LogP contribution in [-0.2, 0) is 23.7 Å². The predicted octanol–water partition coefficient (Wildman–Crippen LogP) is 0.944. The number of ether oxygens (including phenoxy) is 5. The Balaban J connectivity index is 1.77. The Morgan fingerprint density at radius 2 is 1.60 bits per heavy atom. The van der Waals surface area contributed by atoms with Gasteiger partial charge in [0, 0.05) is 0 Å². The molecule has 0 spiro atoms. The van der Waals surface area contributed by atoms with Gasteiger partial charge in [-0.1, -0.05) is 0 Å². The number of rotatable bonds is 2. The molecule has 0 saturated carbocycles. The van der Waals surface area contributed by atoms with Crippen molar-refractivity contribution in [3.8, 4) is 0 Å². The molecule has 5 unspecified atom stereocenters. The van der Waals surface area contributed by atoms with Crippen LogP contribution >= 0.6 is 0 Å². The zero-order chi connectivity index (χ0) is 14.7. The van der Waals surface area contributed by atoms with Crippen LogP contribution in [0, 0.1) is 0 Å². The van der Waals surface area contributed by atoms with Gasteiger partial charge in [0.2, 0.25) is 0 Å². The quantitative estimate of drug-likeness (QED) is 0.753. The minimum absolute atomic E-state index is 0.0873. The standard InChI is InChI=1S/C14H25NO5/c1-13(2)16-7-8(18-13)10-9(15(5)6)11-12(17-10)20-14(3,4)19-11/h8-12H,7H2,1-6H3. The van der Waals surface area contributed by atoms with Crippen molar-refractivity contribution in [1.82, 2.24) is 4.90 Å². The molecule has 3 rings (SSSR count). The van der Waals surface area contributed by atoms with Crippen molar-refractivity contribution in [3.05, 3.63) is 0 Å². The molecule has 0 bridgehead atoms. The van der Waals surface area contributed by atoms with E-state index in [0.29, 0.717) is 6.61 Å². The van der Waals surface area contributed by atoms with E-state index in [1.165, 1.54) is 0 Å². The average molecular weight is 287 g/mol. The van der Waals surface area contributed by atoms with E-state index in [2.05, 4.69) is 4.90 Å². The summed E-state index contributed by atoms with van der Waals surface area (Å²) >= 11 is 0. The van der Waals surface area contributed by atoms with Gasteiger partial charge in [0.15, 0.2) is 17.9 Å². The van der Waals surface area contributed by atoms with E-state index < -0.39 is 11.6 Å². The van der Waals surface area contributed by atoms with Crippen LogP contribution in [0.1, 0.15) is 27.7 Å². The molecule has 3 heterocycles. The third-order valence-corrected chi connectivity index (χ3v) is 4.05. The lowest BCUT2D eigenvalue weighted by Crippen LogP contribution is -2.50. The summed E-state index contributed by atoms with van der Waals surface area (Å²) in [5.41, 5.74) is 0. The van der Waals surface area contributed by atoms with Gasteiger partial charge < -0.3 is 28.6 Å². The van der Waals surface area contributed by atoms with Gasteiger partial charge in [0.1, 0.15) is 18.3 Å². The summed E-state index contributed by atoms with van der Waals surface area (Å²) in [4.78, 5) is 2.12. The Labute approximate surface area is 120 Å². The maximum Gasteiger partial charge on any atom is 0.189 e. The van der Waals surface area contributed by atoms with Gasteiger partial charge >= 0.3 is 0 Å². The van der Waals surface area contributed by atoms with Crippen LogP contribution in [0.3, 0.4) is 0 Å². The van der Waals surface area contributed by atoms with E-state index in [9.17, 15) is 0 Å². The van der Waals surface area contributed by atoms with Crippen LogP contribution in [-0.4, -0.2) is 67.8 Å². The summed E-state index contributed by atoms with van der Waals surface area (Å²) in [6.45, 7) is 8.20. The van der Waals surface area contributed by atoms with E-state index in [1.807, 2.05) is 41.8 Å². The molecule has 3 saturated heterocycles. The normalized spacial score (nSPS) is 46.0. The zero-order valence-corrected chi connectivity index (χ0v) is 13.1. The second-order valence-corrected chi connectivity index (χ2v) is 6.89. The van der Waals surface area contributed by atoms with Gasteiger partial charge in [0.05, 0.1) is 12.6 Å². The van der Waals surface area contributed by atoms with Crippen molar-refractivity contribution < 1.29 is 23.7 Å². The molecular formula is C14H25NO5. The molecule has 0 amide bonds. The van der Waals surface area contributed by atoms with Crippen molar-refractivity contribution in [2.24, 2.45) is 0 Å². The summed E-state index contributed by atoms with van der Waals surface area (Å²) in [5.74, 6) is -1.15. The smallest absolute Gasteiger partial charge is 0.189 e. The lowest BCUT2D eigenvalue weighted by molar-refractivity contribution is -0.227. The maximum absolute atomic E-state index is 6.08. The minimum atomic E-state index is -0.596. The predicted molar refractivity (Wildman–Crippen MR) is 71.1 cm³/mol. The van der Waals surface area contributed by atoms with Crippen LogP contribution in [0.15, 0.2) is 0 Å².